The lowest BCUT2D eigenvalue weighted by atomic mass is 10.1. The standard InChI is InChI=1S/C9H17N3O/c13-9-4-8(6-11-9)12-7-2-1-3-10-5-7/h7-8,10,12H,1-6H2,(H,11,13). The number of hydrogen-bond donors (Lipinski definition) is 3. The first kappa shape index (κ1) is 8.97. The summed E-state index contributed by atoms with van der Waals surface area (Å²) in [7, 11) is 0. The van der Waals surface area contributed by atoms with Crippen molar-refractivity contribution in [3.05, 3.63) is 0 Å². The summed E-state index contributed by atoms with van der Waals surface area (Å²) < 4.78 is 0. The van der Waals surface area contributed by atoms with Crippen molar-refractivity contribution in [2.45, 2.75) is 31.3 Å². The Bertz CT molecular complexity index is 189. The summed E-state index contributed by atoms with van der Waals surface area (Å²) in [5.74, 6) is 0.182. The van der Waals surface area contributed by atoms with E-state index in [1.54, 1.807) is 0 Å². The zero-order valence-electron chi connectivity index (χ0n) is 7.81. The van der Waals surface area contributed by atoms with Crippen LogP contribution in [0.25, 0.3) is 0 Å². The third kappa shape index (κ3) is 2.42. The van der Waals surface area contributed by atoms with Crippen molar-refractivity contribution in [2.24, 2.45) is 0 Å². The number of hydrogen-bond acceptors (Lipinski definition) is 3. The molecule has 2 saturated heterocycles. The molecule has 2 unspecified atom stereocenters. The SMILES string of the molecule is O=C1CC(NC2CCCNC2)CN1. The normalized spacial score (nSPS) is 34.6. The van der Waals surface area contributed by atoms with Crippen LogP contribution in [0, 0.1) is 0 Å². The fraction of sp³-hybridized carbons (Fsp3) is 0.889. The number of rotatable bonds is 2. The highest BCUT2D eigenvalue weighted by Gasteiger charge is 2.24. The van der Waals surface area contributed by atoms with Gasteiger partial charge >= 0.3 is 0 Å². The molecule has 0 aromatic carbocycles. The van der Waals surface area contributed by atoms with Crippen molar-refractivity contribution in [3.8, 4) is 0 Å². The van der Waals surface area contributed by atoms with E-state index < -0.39 is 0 Å². The van der Waals surface area contributed by atoms with Crippen molar-refractivity contribution in [3.63, 3.8) is 0 Å². The predicted molar refractivity (Wildman–Crippen MR) is 50.4 cm³/mol. The lowest BCUT2D eigenvalue weighted by Gasteiger charge is -2.26. The van der Waals surface area contributed by atoms with Crippen LogP contribution in [-0.2, 0) is 4.79 Å². The maximum absolute atomic E-state index is 10.9. The summed E-state index contributed by atoms with van der Waals surface area (Å²) in [5.41, 5.74) is 0. The van der Waals surface area contributed by atoms with Crippen LogP contribution in [-0.4, -0.2) is 37.6 Å². The second-order valence-corrected chi connectivity index (χ2v) is 3.92. The Morgan fingerprint density at radius 1 is 1.31 bits per heavy atom. The van der Waals surface area contributed by atoms with E-state index in [9.17, 15) is 4.79 Å². The number of amides is 1. The molecule has 2 rings (SSSR count). The summed E-state index contributed by atoms with van der Waals surface area (Å²) >= 11 is 0. The summed E-state index contributed by atoms with van der Waals surface area (Å²) in [6, 6.07) is 0.920. The van der Waals surface area contributed by atoms with Gasteiger partial charge < -0.3 is 16.0 Å². The second kappa shape index (κ2) is 4.07. The molecule has 2 aliphatic rings. The van der Waals surface area contributed by atoms with E-state index in [4.69, 9.17) is 0 Å². The predicted octanol–water partition coefficient (Wildman–Crippen LogP) is -0.783. The van der Waals surface area contributed by atoms with Crippen LogP contribution >= 0.6 is 0 Å². The molecule has 2 fully saturated rings. The van der Waals surface area contributed by atoms with Gasteiger partial charge in [0.05, 0.1) is 0 Å². The van der Waals surface area contributed by atoms with Gasteiger partial charge in [-0.25, -0.2) is 0 Å². The maximum Gasteiger partial charge on any atom is 0.221 e. The van der Waals surface area contributed by atoms with Gasteiger partial charge in [0, 0.05) is 31.6 Å². The number of nitrogens with one attached hydrogen (secondary N) is 3. The summed E-state index contributed by atoms with van der Waals surface area (Å²) in [6.45, 7) is 2.99. The molecule has 0 spiro atoms. The molecule has 4 heteroatoms. The van der Waals surface area contributed by atoms with Crippen molar-refractivity contribution in [1.29, 1.82) is 0 Å². The molecule has 74 valence electrons. The molecule has 2 aliphatic heterocycles. The van der Waals surface area contributed by atoms with Crippen LogP contribution in [0.3, 0.4) is 0 Å². The van der Waals surface area contributed by atoms with E-state index in [1.165, 1.54) is 12.8 Å². The van der Waals surface area contributed by atoms with Gasteiger partial charge in [-0.1, -0.05) is 0 Å². The van der Waals surface area contributed by atoms with E-state index in [1.807, 2.05) is 0 Å². The van der Waals surface area contributed by atoms with Crippen molar-refractivity contribution < 1.29 is 4.79 Å². The van der Waals surface area contributed by atoms with Gasteiger partial charge in [0.25, 0.3) is 0 Å². The molecule has 0 saturated carbocycles. The van der Waals surface area contributed by atoms with Gasteiger partial charge in [-0.3, -0.25) is 4.79 Å². The molecule has 0 aromatic rings. The topological polar surface area (TPSA) is 53.2 Å². The molecule has 3 N–H and O–H groups in total. The molecular weight excluding hydrogens is 166 g/mol. The Morgan fingerprint density at radius 3 is 2.85 bits per heavy atom. The largest absolute Gasteiger partial charge is 0.354 e. The summed E-state index contributed by atoms with van der Waals surface area (Å²) in [5, 5.41) is 9.69. The summed E-state index contributed by atoms with van der Waals surface area (Å²) in [6.07, 6.45) is 3.12. The van der Waals surface area contributed by atoms with Gasteiger partial charge in [-0.15, -0.1) is 0 Å². The van der Waals surface area contributed by atoms with Crippen LogP contribution in [0.5, 0.6) is 0 Å². The minimum atomic E-state index is 0.182. The Hall–Kier alpha value is -0.610. The first-order chi connectivity index (χ1) is 6.34. The van der Waals surface area contributed by atoms with E-state index >= 15 is 0 Å². The van der Waals surface area contributed by atoms with Crippen molar-refractivity contribution in [1.82, 2.24) is 16.0 Å². The maximum atomic E-state index is 10.9. The van der Waals surface area contributed by atoms with Gasteiger partial charge in [0.15, 0.2) is 0 Å². The van der Waals surface area contributed by atoms with E-state index in [0.717, 1.165) is 19.6 Å². The molecule has 0 aliphatic carbocycles. The first-order valence-electron chi connectivity index (χ1n) is 5.08. The zero-order valence-corrected chi connectivity index (χ0v) is 7.81. The van der Waals surface area contributed by atoms with Gasteiger partial charge in [-0.2, -0.15) is 0 Å². The Labute approximate surface area is 78.5 Å². The van der Waals surface area contributed by atoms with Gasteiger partial charge in [-0.05, 0) is 19.4 Å². The van der Waals surface area contributed by atoms with Crippen LogP contribution < -0.4 is 16.0 Å². The van der Waals surface area contributed by atoms with Gasteiger partial charge in [0.2, 0.25) is 5.91 Å². The molecule has 2 heterocycles. The molecule has 0 bridgehead atoms. The monoisotopic (exact) mass is 183 g/mol. The Morgan fingerprint density at radius 2 is 2.23 bits per heavy atom. The number of carbonyl (C=O) groups is 1. The molecule has 0 radical (unpaired) electrons. The van der Waals surface area contributed by atoms with E-state index in [2.05, 4.69) is 16.0 Å². The minimum Gasteiger partial charge on any atom is -0.354 e. The molecule has 1 amide bonds. The number of piperidine rings is 1. The average molecular weight is 183 g/mol. The van der Waals surface area contributed by atoms with Crippen LogP contribution in [0.2, 0.25) is 0 Å². The van der Waals surface area contributed by atoms with E-state index in [-0.39, 0.29) is 5.91 Å². The van der Waals surface area contributed by atoms with E-state index in [0.29, 0.717) is 18.5 Å². The lowest BCUT2D eigenvalue weighted by Crippen LogP contribution is -2.47. The molecular formula is C9H17N3O. The molecule has 0 aromatic heterocycles. The third-order valence-electron chi connectivity index (χ3n) is 2.75. The molecule has 2 atom stereocenters. The zero-order chi connectivity index (χ0) is 9.10. The van der Waals surface area contributed by atoms with Gasteiger partial charge in [0.1, 0.15) is 0 Å². The van der Waals surface area contributed by atoms with Crippen LogP contribution in [0.1, 0.15) is 19.3 Å². The smallest absolute Gasteiger partial charge is 0.221 e. The highest BCUT2D eigenvalue weighted by Crippen LogP contribution is 2.06. The van der Waals surface area contributed by atoms with Crippen molar-refractivity contribution in [2.75, 3.05) is 19.6 Å². The Kier molecular flexibility index (Phi) is 2.80. The highest BCUT2D eigenvalue weighted by molar-refractivity contribution is 5.78. The summed E-state index contributed by atoms with van der Waals surface area (Å²) in [4.78, 5) is 10.9. The van der Waals surface area contributed by atoms with Crippen LogP contribution in [0.4, 0.5) is 0 Å². The first-order valence-corrected chi connectivity index (χ1v) is 5.08. The quantitative estimate of drug-likeness (QED) is 0.526. The fourth-order valence-corrected chi connectivity index (χ4v) is 2.05. The molecule has 4 nitrogen and oxygen atoms in total. The van der Waals surface area contributed by atoms with Crippen LogP contribution in [0.15, 0.2) is 0 Å². The van der Waals surface area contributed by atoms with Crippen molar-refractivity contribution >= 4 is 5.91 Å². The second-order valence-electron chi connectivity index (χ2n) is 3.92. The Balaban J connectivity index is 1.73. The number of carbonyl (C=O) groups excluding carboxylic acids is 1. The minimum absolute atomic E-state index is 0.182. The molecule has 13 heavy (non-hydrogen) atoms. The third-order valence-corrected chi connectivity index (χ3v) is 2.75. The lowest BCUT2D eigenvalue weighted by molar-refractivity contribution is -0.119. The fourth-order valence-electron chi connectivity index (χ4n) is 2.05. The highest BCUT2D eigenvalue weighted by atomic mass is 16.1. The average Bonchev–Trinajstić information content (AvgIpc) is 2.53.